The smallest absolute Gasteiger partial charge is 0.139 e. The van der Waals surface area contributed by atoms with Gasteiger partial charge in [0.05, 0.1) is 0 Å². The van der Waals surface area contributed by atoms with Crippen LogP contribution in [0.15, 0.2) is 35.3 Å². The molecule has 0 amide bonds. The van der Waals surface area contributed by atoms with Crippen molar-refractivity contribution in [3.8, 4) is 0 Å². The van der Waals surface area contributed by atoms with Crippen LogP contribution in [0.1, 0.15) is 56.9 Å². The van der Waals surface area contributed by atoms with E-state index < -0.39 is 0 Å². The highest BCUT2D eigenvalue weighted by molar-refractivity contribution is 6.05. The summed E-state index contributed by atoms with van der Waals surface area (Å²) in [5.74, 6) is 0.682. The molecule has 0 radical (unpaired) electrons. The fraction of sp³-hybridized carbons (Fsp3) is 0.529. The molecular weight excluding hydrogens is 234 g/mol. The molecule has 1 saturated carbocycles. The summed E-state index contributed by atoms with van der Waals surface area (Å²) in [7, 11) is 0. The van der Waals surface area contributed by atoms with Crippen LogP contribution in [-0.2, 0) is 4.79 Å². The molecule has 2 rings (SSSR count). The first-order valence-electron chi connectivity index (χ1n) is 7.38. The van der Waals surface area contributed by atoms with Gasteiger partial charge in [0.15, 0.2) is 0 Å². The van der Waals surface area contributed by atoms with Gasteiger partial charge in [-0.2, -0.15) is 0 Å². The molecule has 0 heterocycles. The van der Waals surface area contributed by atoms with E-state index >= 15 is 0 Å². The van der Waals surface area contributed by atoms with Gasteiger partial charge < -0.3 is 0 Å². The van der Waals surface area contributed by atoms with E-state index in [2.05, 4.69) is 24.0 Å². The van der Waals surface area contributed by atoms with Crippen molar-refractivity contribution in [1.29, 1.82) is 0 Å². The standard InChI is InChI=1S/C17H23NO/c1-2-3-7-10-18-16-11-15(12-17(19)13-16)14-8-5-4-6-9-14/h4-6,8-9,15H,2-3,7,10-13H2,1H3/t15-/m0/s1. The molecule has 2 nitrogen and oxygen atoms in total. The zero-order valence-corrected chi connectivity index (χ0v) is 11.8. The second-order valence-corrected chi connectivity index (χ2v) is 5.39. The average molecular weight is 257 g/mol. The van der Waals surface area contributed by atoms with Crippen molar-refractivity contribution in [2.75, 3.05) is 6.54 Å². The molecule has 1 aliphatic carbocycles. The summed E-state index contributed by atoms with van der Waals surface area (Å²) in [5, 5.41) is 0. The number of ketones is 1. The topological polar surface area (TPSA) is 29.4 Å². The van der Waals surface area contributed by atoms with E-state index in [0.717, 1.165) is 25.1 Å². The van der Waals surface area contributed by atoms with Crippen molar-refractivity contribution in [3.05, 3.63) is 35.9 Å². The van der Waals surface area contributed by atoms with Gasteiger partial charge in [0.25, 0.3) is 0 Å². The summed E-state index contributed by atoms with van der Waals surface area (Å²) in [4.78, 5) is 16.5. The number of Topliss-reactive ketones (excluding diaryl/α,β-unsaturated/α-hetero) is 1. The van der Waals surface area contributed by atoms with E-state index in [0.29, 0.717) is 24.5 Å². The molecule has 0 spiro atoms. The largest absolute Gasteiger partial charge is 0.299 e. The van der Waals surface area contributed by atoms with Gasteiger partial charge >= 0.3 is 0 Å². The fourth-order valence-corrected chi connectivity index (χ4v) is 2.68. The monoisotopic (exact) mass is 257 g/mol. The average Bonchev–Trinajstić information content (AvgIpc) is 2.44. The lowest BCUT2D eigenvalue weighted by Gasteiger charge is -2.23. The minimum Gasteiger partial charge on any atom is -0.299 e. The third kappa shape index (κ3) is 4.30. The summed E-state index contributed by atoms with van der Waals surface area (Å²) >= 11 is 0. The first kappa shape index (κ1) is 14.0. The summed E-state index contributed by atoms with van der Waals surface area (Å²) < 4.78 is 0. The molecule has 0 saturated heterocycles. The van der Waals surface area contributed by atoms with E-state index in [9.17, 15) is 4.79 Å². The summed E-state index contributed by atoms with van der Waals surface area (Å²) in [6.45, 7) is 3.08. The minimum atomic E-state index is 0.340. The maximum absolute atomic E-state index is 11.9. The molecule has 2 heteroatoms. The molecule has 1 atom stereocenters. The zero-order valence-electron chi connectivity index (χ0n) is 11.8. The lowest BCUT2D eigenvalue weighted by Crippen LogP contribution is -2.22. The predicted octanol–water partition coefficient (Wildman–Crippen LogP) is 4.15. The Labute approximate surface area is 115 Å². The molecule has 0 aliphatic heterocycles. The molecular formula is C17H23NO. The summed E-state index contributed by atoms with van der Waals surface area (Å²) in [6.07, 6.45) is 5.81. The first-order chi connectivity index (χ1) is 9.29. The summed E-state index contributed by atoms with van der Waals surface area (Å²) in [6, 6.07) is 10.4. The van der Waals surface area contributed by atoms with Crippen LogP contribution in [0.3, 0.4) is 0 Å². The molecule has 1 aromatic carbocycles. The SMILES string of the molecule is CCCCCN=C1CC(=O)C[C@@H](c2ccccc2)C1. The Kier molecular flexibility index (Phi) is 5.31. The van der Waals surface area contributed by atoms with Gasteiger partial charge in [0.2, 0.25) is 0 Å². The number of nitrogens with zero attached hydrogens (tertiary/aromatic N) is 1. The van der Waals surface area contributed by atoms with Crippen molar-refractivity contribution < 1.29 is 4.79 Å². The molecule has 0 aromatic heterocycles. The van der Waals surface area contributed by atoms with Crippen molar-refractivity contribution in [3.63, 3.8) is 0 Å². The number of benzene rings is 1. The van der Waals surface area contributed by atoms with E-state index in [4.69, 9.17) is 0 Å². The number of unbranched alkanes of at least 4 members (excludes halogenated alkanes) is 2. The van der Waals surface area contributed by atoms with Crippen molar-refractivity contribution in [2.24, 2.45) is 4.99 Å². The van der Waals surface area contributed by atoms with E-state index in [1.165, 1.54) is 18.4 Å². The van der Waals surface area contributed by atoms with Crippen molar-refractivity contribution >= 4 is 11.5 Å². The van der Waals surface area contributed by atoms with E-state index in [-0.39, 0.29) is 0 Å². The fourth-order valence-electron chi connectivity index (χ4n) is 2.68. The van der Waals surface area contributed by atoms with Gasteiger partial charge in [-0.15, -0.1) is 0 Å². The van der Waals surface area contributed by atoms with Crippen molar-refractivity contribution in [2.45, 2.75) is 51.4 Å². The quantitative estimate of drug-likeness (QED) is 0.728. The second kappa shape index (κ2) is 7.22. The van der Waals surface area contributed by atoms with Gasteiger partial charge in [-0.05, 0) is 24.3 Å². The molecule has 0 bridgehead atoms. The maximum Gasteiger partial charge on any atom is 0.139 e. The Hall–Kier alpha value is -1.44. The predicted molar refractivity (Wildman–Crippen MR) is 79.9 cm³/mol. The summed E-state index contributed by atoms with van der Waals surface area (Å²) in [5.41, 5.74) is 2.39. The van der Waals surface area contributed by atoms with Gasteiger partial charge in [0.1, 0.15) is 5.78 Å². The van der Waals surface area contributed by atoms with Gasteiger partial charge in [0, 0.05) is 25.1 Å². The normalized spacial score (nSPS) is 21.8. The number of hydrogen-bond donors (Lipinski definition) is 0. The van der Waals surface area contributed by atoms with Gasteiger partial charge in [-0.3, -0.25) is 9.79 Å². The lowest BCUT2D eigenvalue weighted by atomic mass is 9.82. The van der Waals surface area contributed by atoms with Gasteiger partial charge in [-0.25, -0.2) is 0 Å². The van der Waals surface area contributed by atoms with Gasteiger partial charge in [-0.1, -0.05) is 50.1 Å². The Morgan fingerprint density at radius 1 is 1.16 bits per heavy atom. The number of hydrogen-bond acceptors (Lipinski definition) is 2. The third-order valence-electron chi connectivity index (χ3n) is 3.73. The molecule has 0 unspecified atom stereocenters. The van der Waals surface area contributed by atoms with E-state index in [1.54, 1.807) is 0 Å². The Morgan fingerprint density at radius 2 is 1.95 bits per heavy atom. The molecule has 1 fully saturated rings. The van der Waals surface area contributed by atoms with Crippen LogP contribution in [0.2, 0.25) is 0 Å². The number of carbonyl (C=O) groups is 1. The van der Waals surface area contributed by atoms with Crippen LogP contribution < -0.4 is 0 Å². The highest BCUT2D eigenvalue weighted by atomic mass is 16.1. The molecule has 0 N–H and O–H groups in total. The Bertz CT molecular complexity index is 436. The molecule has 1 aliphatic rings. The van der Waals surface area contributed by atoms with Crippen LogP contribution >= 0.6 is 0 Å². The van der Waals surface area contributed by atoms with Crippen LogP contribution in [0.25, 0.3) is 0 Å². The number of aliphatic imine (C=N–C) groups is 1. The molecule has 19 heavy (non-hydrogen) atoms. The zero-order chi connectivity index (χ0) is 13.5. The van der Waals surface area contributed by atoms with E-state index in [1.807, 2.05) is 18.2 Å². The molecule has 102 valence electrons. The lowest BCUT2D eigenvalue weighted by molar-refractivity contribution is -0.118. The van der Waals surface area contributed by atoms with Crippen LogP contribution in [-0.4, -0.2) is 18.0 Å². The van der Waals surface area contributed by atoms with Crippen LogP contribution in [0, 0.1) is 0 Å². The molecule has 1 aromatic rings. The highest BCUT2D eigenvalue weighted by Crippen LogP contribution is 2.29. The number of rotatable bonds is 5. The first-order valence-corrected chi connectivity index (χ1v) is 7.38. The Balaban J connectivity index is 1.98. The van der Waals surface area contributed by atoms with Crippen molar-refractivity contribution in [1.82, 2.24) is 0 Å². The van der Waals surface area contributed by atoms with Crippen LogP contribution in [0.4, 0.5) is 0 Å². The van der Waals surface area contributed by atoms with Crippen LogP contribution in [0.5, 0.6) is 0 Å². The highest BCUT2D eigenvalue weighted by Gasteiger charge is 2.24. The Morgan fingerprint density at radius 3 is 2.68 bits per heavy atom. The second-order valence-electron chi connectivity index (χ2n) is 5.39. The third-order valence-corrected chi connectivity index (χ3v) is 3.73. The maximum atomic E-state index is 11.9. The minimum absolute atomic E-state index is 0.340. The number of carbonyl (C=O) groups excluding carboxylic acids is 1.